The van der Waals surface area contributed by atoms with Crippen LogP contribution in [0.15, 0.2) is 36.4 Å². The minimum atomic E-state index is -3.06. The maximum absolute atomic E-state index is 9.00. The molecular formula is C39H69ClSi7. The molecule has 0 spiro atoms. The van der Waals surface area contributed by atoms with Gasteiger partial charge in [0.2, 0.25) is 7.38 Å². The molecular weight excluding hydrogens is 700 g/mol. The molecule has 0 N–H and O–H groups in total. The van der Waals surface area contributed by atoms with E-state index in [4.69, 9.17) is 11.1 Å². The van der Waals surface area contributed by atoms with E-state index in [2.05, 4.69) is 175 Å². The van der Waals surface area contributed by atoms with E-state index in [1.54, 1.807) is 31.1 Å². The number of aryl methyl sites for hydroxylation is 3. The van der Waals surface area contributed by atoms with Gasteiger partial charge in [-0.25, -0.2) is 0 Å². The summed E-state index contributed by atoms with van der Waals surface area (Å²) in [5, 5.41) is 14.1. The van der Waals surface area contributed by atoms with Crippen LogP contribution in [0, 0.1) is 20.8 Å². The van der Waals surface area contributed by atoms with Gasteiger partial charge in [0, 0.05) is 0 Å². The lowest BCUT2D eigenvalue weighted by Gasteiger charge is -2.41. The van der Waals surface area contributed by atoms with Gasteiger partial charge >= 0.3 is 0 Å². The van der Waals surface area contributed by atoms with Gasteiger partial charge in [0.1, 0.15) is 0 Å². The van der Waals surface area contributed by atoms with Gasteiger partial charge in [0.15, 0.2) is 0 Å². The fourth-order valence-electron chi connectivity index (χ4n) is 7.70. The summed E-state index contributed by atoms with van der Waals surface area (Å²) in [6.45, 7) is 52.7. The van der Waals surface area contributed by atoms with Crippen LogP contribution < -0.4 is 46.7 Å². The average Bonchev–Trinajstić information content (AvgIpc) is 2.83. The fourth-order valence-corrected chi connectivity index (χ4v) is 28.6. The van der Waals surface area contributed by atoms with Crippen molar-refractivity contribution < 1.29 is 0 Å². The van der Waals surface area contributed by atoms with E-state index >= 15 is 0 Å². The third kappa shape index (κ3) is 8.34. The van der Waals surface area contributed by atoms with Crippen LogP contribution in [0.1, 0.15) is 16.7 Å². The standard InChI is InChI=1S/C39H69ClSi7/c1-28-22-37(34(44(13,14)15)25-31(28)41(4,5)6)47(40,38-23-29(2)32(42(7,8)9)26-35(38)45(16,17)18)39-24-30(3)33(43(10,11)12)27-36(39)46(19,20)21/h22-27H,1-21H3. The SMILES string of the molecule is Cc1cc([Si](Cl)(c2cc(C)c([Si](C)(C)C)cc2[Si](C)(C)C)c2cc(C)c([Si](C)(C)C)cc2[Si](C)(C)C)c([Si](C)(C)C)cc1[Si](C)(C)C. The Labute approximate surface area is 303 Å². The second kappa shape index (κ2) is 12.9. The van der Waals surface area contributed by atoms with Crippen molar-refractivity contribution in [3.05, 3.63) is 53.1 Å². The smallest absolute Gasteiger partial charge is 0.149 e. The summed E-state index contributed by atoms with van der Waals surface area (Å²) < 4.78 is 0. The molecule has 3 rings (SSSR count). The Morgan fingerprint density at radius 3 is 0.596 bits per heavy atom. The molecule has 0 nitrogen and oxygen atoms in total. The summed E-state index contributed by atoms with van der Waals surface area (Å²) in [5.41, 5.74) is 4.36. The highest BCUT2D eigenvalue weighted by Crippen LogP contribution is 2.21. The highest BCUT2D eigenvalue weighted by Gasteiger charge is 2.48. The van der Waals surface area contributed by atoms with Crippen LogP contribution in [0.25, 0.3) is 0 Å². The lowest BCUT2D eigenvalue weighted by Crippen LogP contribution is -2.78. The Kier molecular flexibility index (Phi) is 11.2. The molecule has 3 aromatic carbocycles. The van der Waals surface area contributed by atoms with Gasteiger partial charge in [0.25, 0.3) is 0 Å². The quantitative estimate of drug-likeness (QED) is 0.124. The molecule has 0 atom stereocenters. The third-order valence-corrected chi connectivity index (χ3v) is 28.7. The van der Waals surface area contributed by atoms with Crippen molar-refractivity contribution in [2.24, 2.45) is 0 Å². The fraction of sp³-hybridized carbons (Fsp3) is 0.538. The normalized spacial score (nSPS) is 14.2. The van der Waals surface area contributed by atoms with Crippen LogP contribution in [0.4, 0.5) is 0 Å². The molecule has 0 unspecified atom stereocenters. The summed E-state index contributed by atoms with van der Waals surface area (Å²) in [7, 11) is -13.2. The van der Waals surface area contributed by atoms with E-state index in [0.29, 0.717) is 0 Å². The number of hydrogen-bond donors (Lipinski definition) is 0. The van der Waals surface area contributed by atoms with Crippen molar-refractivity contribution >= 4 is 114 Å². The molecule has 0 heterocycles. The Morgan fingerprint density at radius 1 is 0.277 bits per heavy atom. The van der Waals surface area contributed by atoms with E-state index in [1.807, 2.05) is 0 Å². The predicted molar refractivity (Wildman–Crippen MR) is 242 cm³/mol. The predicted octanol–water partition coefficient (Wildman–Crippen LogP) is 7.09. The summed E-state index contributed by atoms with van der Waals surface area (Å²) in [5.74, 6) is 0. The van der Waals surface area contributed by atoms with Crippen molar-refractivity contribution in [3.8, 4) is 0 Å². The van der Waals surface area contributed by atoms with E-state index in [-0.39, 0.29) is 0 Å². The average molecular weight is 770 g/mol. The summed E-state index contributed by atoms with van der Waals surface area (Å²) in [6, 6.07) is 15.9. The zero-order chi connectivity index (χ0) is 36.7. The van der Waals surface area contributed by atoms with Crippen LogP contribution in [0.5, 0.6) is 0 Å². The number of rotatable bonds is 9. The third-order valence-electron chi connectivity index (χ3n) is 10.1. The first-order valence-corrected chi connectivity index (χ1v) is 41.9. The second-order valence-corrected chi connectivity index (χ2v) is 55.7. The number of benzene rings is 3. The van der Waals surface area contributed by atoms with Gasteiger partial charge in [-0.2, -0.15) is 0 Å². The number of hydrogen-bond acceptors (Lipinski definition) is 0. The molecule has 0 aliphatic heterocycles. The topological polar surface area (TPSA) is 0 Å². The molecule has 0 bridgehead atoms. The maximum Gasteiger partial charge on any atom is 0.247 e. The van der Waals surface area contributed by atoms with Crippen molar-refractivity contribution in [2.75, 3.05) is 0 Å². The lowest BCUT2D eigenvalue weighted by molar-refractivity contribution is 1.49. The Bertz CT molecular complexity index is 1470. The molecule has 0 aliphatic rings. The van der Waals surface area contributed by atoms with Crippen LogP contribution in [0.3, 0.4) is 0 Å². The Balaban J connectivity index is 2.84. The molecule has 0 amide bonds. The summed E-state index contributed by atoms with van der Waals surface area (Å²) in [6.07, 6.45) is 0. The molecule has 0 saturated carbocycles. The zero-order valence-electron chi connectivity index (χ0n) is 34.3. The van der Waals surface area contributed by atoms with Crippen LogP contribution in [-0.2, 0) is 0 Å². The first-order valence-electron chi connectivity index (χ1n) is 17.9. The molecule has 0 radical (unpaired) electrons. The minimum absolute atomic E-state index is 1.45. The summed E-state index contributed by atoms with van der Waals surface area (Å²) >= 11 is 9.00. The van der Waals surface area contributed by atoms with Crippen molar-refractivity contribution in [1.82, 2.24) is 0 Å². The first-order chi connectivity index (χ1) is 20.7. The molecule has 0 fully saturated rings. The Hall–Kier alpha value is -0.532. The highest BCUT2D eigenvalue weighted by atomic mass is 35.6. The molecule has 47 heavy (non-hydrogen) atoms. The number of halogens is 1. The van der Waals surface area contributed by atoms with E-state index < -0.39 is 55.8 Å². The van der Waals surface area contributed by atoms with E-state index in [1.165, 1.54) is 32.3 Å². The van der Waals surface area contributed by atoms with Crippen LogP contribution in [0.2, 0.25) is 118 Å². The highest BCUT2D eigenvalue weighted by molar-refractivity contribution is 7.43. The monoisotopic (exact) mass is 768 g/mol. The molecule has 8 heteroatoms. The summed E-state index contributed by atoms with van der Waals surface area (Å²) in [4.78, 5) is 0. The van der Waals surface area contributed by atoms with Crippen molar-refractivity contribution in [1.29, 1.82) is 0 Å². The molecule has 0 saturated heterocycles. The van der Waals surface area contributed by atoms with Crippen molar-refractivity contribution in [2.45, 2.75) is 139 Å². The van der Waals surface area contributed by atoms with Gasteiger partial charge in [-0.15, -0.1) is 11.1 Å². The first kappa shape index (κ1) is 40.9. The van der Waals surface area contributed by atoms with Gasteiger partial charge in [-0.1, -0.05) is 202 Å². The molecule has 3 aromatic rings. The van der Waals surface area contributed by atoms with Crippen molar-refractivity contribution in [3.63, 3.8) is 0 Å². The minimum Gasteiger partial charge on any atom is -0.149 e. The van der Waals surface area contributed by atoms with E-state index in [0.717, 1.165) is 0 Å². The zero-order valence-corrected chi connectivity index (χ0v) is 42.1. The Morgan fingerprint density at radius 2 is 0.447 bits per heavy atom. The van der Waals surface area contributed by atoms with Crippen LogP contribution >= 0.6 is 11.1 Å². The maximum atomic E-state index is 9.00. The molecule has 0 aromatic heterocycles. The van der Waals surface area contributed by atoms with Gasteiger partial charge in [0.05, 0.1) is 48.4 Å². The lowest BCUT2D eigenvalue weighted by atomic mass is 10.2. The molecule has 0 aliphatic carbocycles. The van der Waals surface area contributed by atoms with E-state index in [9.17, 15) is 0 Å². The largest absolute Gasteiger partial charge is 0.247 e. The molecule has 260 valence electrons. The van der Waals surface area contributed by atoms with Crippen LogP contribution in [-0.4, -0.2) is 55.8 Å². The second-order valence-electron chi connectivity index (χ2n) is 20.8. The van der Waals surface area contributed by atoms with Gasteiger partial charge in [-0.3, -0.25) is 0 Å². The van der Waals surface area contributed by atoms with Gasteiger partial charge in [-0.05, 0) is 36.3 Å². The van der Waals surface area contributed by atoms with Gasteiger partial charge < -0.3 is 0 Å².